The number of hydrogen-bond donors (Lipinski definition) is 3. The Labute approximate surface area is 135 Å². The van der Waals surface area contributed by atoms with Gasteiger partial charge in [0.2, 0.25) is 11.8 Å². The van der Waals surface area contributed by atoms with E-state index in [-0.39, 0.29) is 42.7 Å². The van der Waals surface area contributed by atoms with Gasteiger partial charge in [-0.1, -0.05) is 12.5 Å². The second-order valence-corrected chi connectivity index (χ2v) is 5.39. The van der Waals surface area contributed by atoms with E-state index in [0.717, 1.165) is 19.3 Å². The van der Waals surface area contributed by atoms with Crippen molar-refractivity contribution in [2.24, 2.45) is 11.7 Å². The Morgan fingerprint density at radius 3 is 2.68 bits per heavy atom. The van der Waals surface area contributed by atoms with Crippen LogP contribution in [0.1, 0.15) is 25.7 Å². The Morgan fingerprint density at radius 1 is 1.27 bits per heavy atom. The van der Waals surface area contributed by atoms with Crippen molar-refractivity contribution in [3.63, 3.8) is 0 Å². The SMILES string of the molecule is Cl.N[C@@H]1CCC[C@H]1CC(=O)NCC(=O)Nc1cccc(F)c1. The fourth-order valence-electron chi connectivity index (χ4n) is 2.58. The summed E-state index contributed by atoms with van der Waals surface area (Å²) in [6, 6.07) is 5.68. The summed E-state index contributed by atoms with van der Waals surface area (Å²) in [6.45, 7) is -0.128. The van der Waals surface area contributed by atoms with Crippen molar-refractivity contribution < 1.29 is 14.0 Å². The third kappa shape index (κ3) is 5.61. The molecule has 4 N–H and O–H groups in total. The topological polar surface area (TPSA) is 84.2 Å². The maximum Gasteiger partial charge on any atom is 0.243 e. The van der Waals surface area contributed by atoms with E-state index in [1.165, 1.54) is 18.2 Å². The summed E-state index contributed by atoms with van der Waals surface area (Å²) in [4.78, 5) is 23.4. The van der Waals surface area contributed by atoms with Crippen molar-refractivity contribution in [2.75, 3.05) is 11.9 Å². The molecule has 0 bridgehead atoms. The van der Waals surface area contributed by atoms with Crippen LogP contribution in [-0.4, -0.2) is 24.4 Å². The quantitative estimate of drug-likeness (QED) is 0.770. The molecule has 0 aromatic heterocycles. The first kappa shape index (κ1) is 18.4. The zero-order valence-electron chi connectivity index (χ0n) is 12.2. The second-order valence-electron chi connectivity index (χ2n) is 5.39. The normalized spacial score (nSPS) is 20.1. The molecule has 1 fully saturated rings. The van der Waals surface area contributed by atoms with Gasteiger partial charge in [0, 0.05) is 18.2 Å². The third-order valence-corrected chi connectivity index (χ3v) is 3.72. The van der Waals surface area contributed by atoms with Crippen molar-refractivity contribution in [3.8, 4) is 0 Å². The Morgan fingerprint density at radius 2 is 2.05 bits per heavy atom. The van der Waals surface area contributed by atoms with Crippen LogP contribution in [0.2, 0.25) is 0 Å². The molecule has 1 aromatic rings. The number of carbonyl (C=O) groups is 2. The number of halogens is 2. The third-order valence-electron chi connectivity index (χ3n) is 3.72. The highest BCUT2D eigenvalue weighted by molar-refractivity contribution is 5.94. The predicted octanol–water partition coefficient (Wildman–Crippen LogP) is 1.82. The number of nitrogens with one attached hydrogen (secondary N) is 2. The molecule has 2 amide bonds. The Bertz CT molecular complexity index is 527. The largest absolute Gasteiger partial charge is 0.347 e. The van der Waals surface area contributed by atoms with Crippen LogP contribution in [0.3, 0.4) is 0 Å². The molecule has 122 valence electrons. The molecule has 0 spiro atoms. The Kier molecular flexibility index (Phi) is 7.27. The van der Waals surface area contributed by atoms with Crippen molar-refractivity contribution in [1.82, 2.24) is 5.32 Å². The summed E-state index contributed by atoms with van der Waals surface area (Å²) in [7, 11) is 0. The molecule has 5 nitrogen and oxygen atoms in total. The molecule has 0 radical (unpaired) electrons. The maximum absolute atomic E-state index is 13.0. The van der Waals surface area contributed by atoms with Gasteiger partial charge in [-0.2, -0.15) is 0 Å². The summed E-state index contributed by atoms with van der Waals surface area (Å²) >= 11 is 0. The fraction of sp³-hybridized carbons (Fsp3) is 0.467. The first-order valence-corrected chi connectivity index (χ1v) is 7.12. The highest BCUT2D eigenvalue weighted by Crippen LogP contribution is 2.26. The molecule has 0 unspecified atom stereocenters. The Balaban J connectivity index is 0.00000242. The lowest BCUT2D eigenvalue weighted by Crippen LogP contribution is -2.36. The zero-order chi connectivity index (χ0) is 15.2. The van der Waals surface area contributed by atoms with E-state index >= 15 is 0 Å². The average molecular weight is 330 g/mol. The van der Waals surface area contributed by atoms with Crippen LogP contribution in [0, 0.1) is 11.7 Å². The number of anilines is 1. The van der Waals surface area contributed by atoms with E-state index in [0.29, 0.717) is 12.1 Å². The van der Waals surface area contributed by atoms with E-state index in [4.69, 9.17) is 5.73 Å². The molecule has 1 saturated carbocycles. The predicted molar refractivity (Wildman–Crippen MR) is 85.2 cm³/mol. The zero-order valence-corrected chi connectivity index (χ0v) is 13.0. The Hall–Kier alpha value is -1.66. The van der Waals surface area contributed by atoms with E-state index < -0.39 is 5.82 Å². The van der Waals surface area contributed by atoms with Crippen LogP contribution < -0.4 is 16.4 Å². The van der Waals surface area contributed by atoms with Gasteiger partial charge in [-0.25, -0.2) is 4.39 Å². The molecule has 1 aliphatic carbocycles. The van der Waals surface area contributed by atoms with Crippen molar-refractivity contribution >= 4 is 29.9 Å². The highest BCUT2D eigenvalue weighted by Gasteiger charge is 2.26. The average Bonchev–Trinajstić information content (AvgIpc) is 2.82. The summed E-state index contributed by atoms with van der Waals surface area (Å²) in [6.07, 6.45) is 3.33. The number of nitrogens with two attached hydrogens (primary N) is 1. The number of rotatable bonds is 5. The van der Waals surface area contributed by atoms with E-state index in [2.05, 4.69) is 10.6 Å². The van der Waals surface area contributed by atoms with Crippen molar-refractivity contribution in [3.05, 3.63) is 30.1 Å². The molecule has 7 heteroatoms. The second kappa shape index (κ2) is 8.70. The highest BCUT2D eigenvalue weighted by atomic mass is 35.5. The molecule has 1 aliphatic rings. The van der Waals surface area contributed by atoms with Crippen LogP contribution >= 0.6 is 12.4 Å². The van der Waals surface area contributed by atoms with Crippen LogP contribution in [0.5, 0.6) is 0 Å². The monoisotopic (exact) mass is 329 g/mol. The standard InChI is InChI=1S/C15H20FN3O2.ClH/c16-11-4-2-5-12(8-11)19-15(21)9-18-14(20)7-10-3-1-6-13(10)17;/h2,4-5,8,10,13H,1,3,6-7,9,17H2,(H,18,20)(H,19,21);1H/t10-,13+;/m0./s1. The van der Waals surface area contributed by atoms with Gasteiger partial charge >= 0.3 is 0 Å². The first-order chi connectivity index (χ1) is 10.0. The van der Waals surface area contributed by atoms with Gasteiger partial charge in [0.05, 0.1) is 6.54 Å². The lowest BCUT2D eigenvalue weighted by molar-refractivity contribution is -0.124. The molecule has 0 saturated heterocycles. The molecule has 1 aromatic carbocycles. The van der Waals surface area contributed by atoms with Crippen LogP contribution in [0.25, 0.3) is 0 Å². The minimum Gasteiger partial charge on any atom is -0.347 e. The van der Waals surface area contributed by atoms with Gasteiger partial charge in [-0.3, -0.25) is 9.59 Å². The van der Waals surface area contributed by atoms with Gasteiger partial charge in [-0.15, -0.1) is 12.4 Å². The molecule has 2 rings (SSSR count). The number of hydrogen-bond acceptors (Lipinski definition) is 3. The minimum atomic E-state index is -0.424. The first-order valence-electron chi connectivity index (χ1n) is 7.12. The molecule has 22 heavy (non-hydrogen) atoms. The molecule has 0 heterocycles. The smallest absolute Gasteiger partial charge is 0.243 e. The van der Waals surface area contributed by atoms with Crippen molar-refractivity contribution in [1.29, 1.82) is 0 Å². The van der Waals surface area contributed by atoms with E-state index in [9.17, 15) is 14.0 Å². The number of benzene rings is 1. The summed E-state index contributed by atoms with van der Waals surface area (Å²) in [5.74, 6) is -0.778. The fourth-order valence-corrected chi connectivity index (χ4v) is 2.58. The lowest BCUT2D eigenvalue weighted by Gasteiger charge is -2.14. The van der Waals surface area contributed by atoms with Gasteiger partial charge in [-0.05, 0) is 37.0 Å². The summed E-state index contributed by atoms with van der Waals surface area (Å²) < 4.78 is 13.0. The minimum absolute atomic E-state index is 0. The van der Waals surface area contributed by atoms with E-state index in [1.807, 2.05) is 0 Å². The van der Waals surface area contributed by atoms with Gasteiger partial charge in [0.15, 0.2) is 0 Å². The van der Waals surface area contributed by atoms with Crippen molar-refractivity contribution in [2.45, 2.75) is 31.7 Å². The van der Waals surface area contributed by atoms with E-state index in [1.54, 1.807) is 6.07 Å². The molecular formula is C15H21ClFN3O2. The number of amides is 2. The van der Waals surface area contributed by atoms with Gasteiger partial charge in [0.25, 0.3) is 0 Å². The number of carbonyl (C=O) groups excluding carboxylic acids is 2. The molecule has 2 atom stereocenters. The lowest BCUT2D eigenvalue weighted by atomic mass is 10.00. The van der Waals surface area contributed by atoms with Gasteiger partial charge < -0.3 is 16.4 Å². The van der Waals surface area contributed by atoms with Crippen LogP contribution in [-0.2, 0) is 9.59 Å². The summed E-state index contributed by atoms with van der Waals surface area (Å²) in [5.41, 5.74) is 6.27. The van der Waals surface area contributed by atoms with Gasteiger partial charge in [0.1, 0.15) is 5.82 Å². The molecular weight excluding hydrogens is 309 g/mol. The van der Waals surface area contributed by atoms with Crippen LogP contribution in [0.4, 0.5) is 10.1 Å². The van der Waals surface area contributed by atoms with Crippen LogP contribution in [0.15, 0.2) is 24.3 Å². The summed E-state index contributed by atoms with van der Waals surface area (Å²) in [5, 5.41) is 5.09. The molecule has 0 aliphatic heterocycles. The maximum atomic E-state index is 13.0.